The van der Waals surface area contributed by atoms with Gasteiger partial charge in [-0.2, -0.15) is 0 Å². The molecule has 0 aliphatic rings. The molecule has 1 N–H and O–H groups in total. The quantitative estimate of drug-likeness (QED) is 0.815. The number of hydrogen-bond acceptors (Lipinski definition) is 6. The van der Waals surface area contributed by atoms with E-state index < -0.39 is 5.97 Å². The lowest BCUT2D eigenvalue weighted by molar-refractivity contribution is 0.0587. The third-order valence-corrected chi connectivity index (χ3v) is 2.49. The molecule has 0 saturated heterocycles. The van der Waals surface area contributed by atoms with E-state index in [0.717, 1.165) is 6.42 Å². The molecule has 0 atom stereocenters. The highest BCUT2D eigenvalue weighted by atomic mass is 16.5. The molecule has 2 aromatic rings. The van der Waals surface area contributed by atoms with Crippen molar-refractivity contribution in [3.63, 3.8) is 0 Å². The first-order valence-electron chi connectivity index (χ1n) is 5.84. The van der Waals surface area contributed by atoms with E-state index in [1.165, 1.54) is 18.9 Å². The number of hydrogen-bond donors (Lipinski definition) is 1. The normalized spacial score (nSPS) is 9.95. The third-order valence-electron chi connectivity index (χ3n) is 2.49. The van der Waals surface area contributed by atoms with Crippen LogP contribution in [0.3, 0.4) is 0 Å². The van der Waals surface area contributed by atoms with Crippen LogP contribution in [0.15, 0.2) is 36.8 Å². The van der Waals surface area contributed by atoms with Gasteiger partial charge in [0.15, 0.2) is 0 Å². The van der Waals surface area contributed by atoms with Gasteiger partial charge in [-0.1, -0.05) is 0 Å². The molecule has 0 unspecified atom stereocenters. The van der Waals surface area contributed by atoms with Gasteiger partial charge >= 0.3 is 5.97 Å². The van der Waals surface area contributed by atoms with Gasteiger partial charge in [0.2, 0.25) is 5.82 Å². The molecule has 0 aromatic carbocycles. The Morgan fingerprint density at radius 1 is 1.26 bits per heavy atom. The fourth-order valence-electron chi connectivity index (χ4n) is 1.53. The third kappa shape index (κ3) is 3.74. The Labute approximate surface area is 110 Å². The summed E-state index contributed by atoms with van der Waals surface area (Å²) in [6.07, 6.45) is 5.89. The van der Waals surface area contributed by atoms with Crippen molar-refractivity contribution in [1.82, 2.24) is 15.0 Å². The predicted molar refractivity (Wildman–Crippen MR) is 69.8 cm³/mol. The van der Waals surface area contributed by atoms with Crippen LogP contribution in [-0.2, 0) is 11.2 Å². The Hall–Kier alpha value is -2.50. The maximum atomic E-state index is 11.3. The van der Waals surface area contributed by atoms with Gasteiger partial charge in [-0.05, 0) is 30.2 Å². The minimum absolute atomic E-state index is 0.0522. The van der Waals surface area contributed by atoms with Crippen molar-refractivity contribution < 1.29 is 9.53 Å². The molecular weight excluding hydrogens is 244 g/mol. The van der Waals surface area contributed by atoms with Gasteiger partial charge in [0.1, 0.15) is 5.82 Å². The van der Waals surface area contributed by atoms with E-state index in [9.17, 15) is 4.79 Å². The smallest absolute Gasteiger partial charge is 0.376 e. The highest BCUT2D eigenvalue weighted by molar-refractivity contribution is 5.85. The van der Waals surface area contributed by atoms with Crippen LogP contribution >= 0.6 is 0 Å². The molecule has 6 nitrogen and oxygen atoms in total. The fourth-order valence-corrected chi connectivity index (χ4v) is 1.53. The average Bonchev–Trinajstić information content (AvgIpc) is 2.48. The molecule has 0 aliphatic heterocycles. The van der Waals surface area contributed by atoms with Crippen molar-refractivity contribution in [3.05, 3.63) is 48.2 Å². The molecule has 6 heteroatoms. The molecule has 0 amide bonds. The number of nitrogens with zero attached hydrogens (tertiary/aromatic N) is 3. The van der Waals surface area contributed by atoms with Crippen molar-refractivity contribution >= 4 is 11.8 Å². The summed E-state index contributed by atoms with van der Waals surface area (Å²) < 4.78 is 4.57. The zero-order valence-corrected chi connectivity index (χ0v) is 10.5. The summed E-state index contributed by atoms with van der Waals surface area (Å²) in [7, 11) is 1.30. The highest BCUT2D eigenvalue weighted by Crippen LogP contribution is 2.04. The second-order valence-electron chi connectivity index (χ2n) is 3.79. The first-order chi connectivity index (χ1) is 9.29. The van der Waals surface area contributed by atoms with E-state index in [2.05, 4.69) is 25.0 Å². The van der Waals surface area contributed by atoms with Crippen molar-refractivity contribution in [3.8, 4) is 0 Å². The molecule has 0 saturated carbocycles. The number of carbonyl (C=O) groups is 1. The largest absolute Gasteiger partial charge is 0.463 e. The van der Waals surface area contributed by atoms with Gasteiger partial charge in [0.05, 0.1) is 7.11 Å². The Kier molecular flexibility index (Phi) is 4.39. The van der Waals surface area contributed by atoms with Crippen LogP contribution in [0.25, 0.3) is 0 Å². The molecule has 0 radical (unpaired) electrons. The predicted octanol–water partition coefficient (Wildman–Crippen LogP) is 1.31. The average molecular weight is 258 g/mol. The second kappa shape index (κ2) is 6.44. The number of ether oxygens (including phenoxy) is 1. The Balaban J connectivity index is 1.91. The van der Waals surface area contributed by atoms with Gasteiger partial charge in [-0.3, -0.25) is 4.98 Å². The van der Waals surface area contributed by atoms with Crippen LogP contribution in [0.2, 0.25) is 0 Å². The molecule has 0 bridgehead atoms. The highest BCUT2D eigenvalue weighted by Gasteiger charge is 2.08. The number of methoxy groups -OCH3 is 1. The van der Waals surface area contributed by atoms with E-state index in [4.69, 9.17) is 0 Å². The molecule has 0 spiro atoms. The van der Waals surface area contributed by atoms with Crippen molar-refractivity contribution in [2.75, 3.05) is 19.0 Å². The first-order valence-corrected chi connectivity index (χ1v) is 5.84. The van der Waals surface area contributed by atoms with Gasteiger partial charge < -0.3 is 10.1 Å². The fraction of sp³-hybridized carbons (Fsp3) is 0.231. The first kappa shape index (κ1) is 12.9. The van der Waals surface area contributed by atoms with Crippen LogP contribution < -0.4 is 5.32 Å². The molecule has 2 heterocycles. The van der Waals surface area contributed by atoms with Crippen molar-refractivity contribution in [2.45, 2.75) is 6.42 Å². The number of pyridine rings is 1. The van der Waals surface area contributed by atoms with Crippen LogP contribution in [0.4, 0.5) is 5.82 Å². The van der Waals surface area contributed by atoms with Crippen LogP contribution in [0, 0.1) is 0 Å². The number of aromatic nitrogens is 3. The van der Waals surface area contributed by atoms with E-state index in [1.54, 1.807) is 18.5 Å². The lowest BCUT2D eigenvalue weighted by Crippen LogP contribution is -2.11. The van der Waals surface area contributed by atoms with Gasteiger partial charge in [-0.25, -0.2) is 14.8 Å². The summed E-state index contributed by atoms with van der Waals surface area (Å²) in [5, 5.41) is 3.13. The summed E-state index contributed by atoms with van der Waals surface area (Å²) in [5.74, 6) is 0.110. The maximum absolute atomic E-state index is 11.3. The molecule has 19 heavy (non-hydrogen) atoms. The standard InChI is InChI=1S/C13H14N4O2/c1-19-13(18)12-16-9-5-11(17-12)15-8-4-10-2-6-14-7-3-10/h2-3,5-7,9H,4,8H2,1H3,(H,15,16,17). The number of esters is 1. The topological polar surface area (TPSA) is 77.0 Å². The number of rotatable bonds is 5. The number of nitrogens with one attached hydrogen (secondary N) is 1. The Bertz CT molecular complexity index is 545. The molecule has 98 valence electrons. The summed E-state index contributed by atoms with van der Waals surface area (Å²) in [4.78, 5) is 23.1. The van der Waals surface area contributed by atoms with E-state index in [0.29, 0.717) is 12.4 Å². The number of anilines is 1. The molecule has 0 aliphatic carbocycles. The lowest BCUT2D eigenvalue weighted by Gasteiger charge is -2.06. The second-order valence-corrected chi connectivity index (χ2v) is 3.79. The van der Waals surface area contributed by atoms with Gasteiger partial charge in [0, 0.05) is 25.1 Å². The van der Waals surface area contributed by atoms with Crippen LogP contribution in [0.5, 0.6) is 0 Å². The SMILES string of the molecule is COC(=O)c1nccc(NCCc2ccncc2)n1. The number of carbonyl (C=O) groups excluding carboxylic acids is 1. The summed E-state index contributed by atoms with van der Waals surface area (Å²) in [5.41, 5.74) is 1.18. The van der Waals surface area contributed by atoms with E-state index >= 15 is 0 Å². The van der Waals surface area contributed by atoms with E-state index in [-0.39, 0.29) is 5.82 Å². The zero-order valence-electron chi connectivity index (χ0n) is 10.5. The minimum Gasteiger partial charge on any atom is -0.463 e. The Morgan fingerprint density at radius 2 is 2.05 bits per heavy atom. The van der Waals surface area contributed by atoms with Crippen LogP contribution in [-0.4, -0.2) is 34.6 Å². The van der Waals surface area contributed by atoms with Crippen molar-refractivity contribution in [1.29, 1.82) is 0 Å². The van der Waals surface area contributed by atoms with Crippen LogP contribution in [0.1, 0.15) is 16.2 Å². The van der Waals surface area contributed by atoms with Gasteiger partial charge in [-0.15, -0.1) is 0 Å². The van der Waals surface area contributed by atoms with E-state index in [1.807, 2.05) is 12.1 Å². The molecular formula is C13H14N4O2. The van der Waals surface area contributed by atoms with Gasteiger partial charge in [0.25, 0.3) is 0 Å². The zero-order chi connectivity index (χ0) is 13.5. The maximum Gasteiger partial charge on any atom is 0.376 e. The molecule has 2 rings (SSSR count). The summed E-state index contributed by atoms with van der Waals surface area (Å²) in [6, 6.07) is 5.63. The van der Waals surface area contributed by atoms with Crippen molar-refractivity contribution in [2.24, 2.45) is 0 Å². The minimum atomic E-state index is -0.544. The summed E-state index contributed by atoms with van der Waals surface area (Å²) >= 11 is 0. The molecule has 2 aromatic heterocycles. The molecule has 0 fully saturated rings. The Morgan fingerprint density at radius 3 is 2.79 bits per heavy atom. The summed E-state index contributed by atoms with van der Waals surface area (Å²) in [6.45, 7) is 0.710. The monoisotopic (exact) mass is 258 g/mol. The lowest BCUT2D eigenvalue weighted by atomic mass is 10.2.